The van der Waals surface area contributed by atoms with Gasteiger partial charge in [-0.2, -0.15) is 0 Å². The summed E-state index contributed by atoms with van der Waals surface area (Å²) >= 11 is 4.74. The minimum Gasteiger partial charge on any atom is -0.546 e. The molecule has 2 aromatic heterocycles. The van der Waals surface area contributed by atoms with Crippen LogP contribution in [-0.2, 0) is 24.0 Å². The molecule has 47 heavy (non-hydrogen) atoms. The Bertz CT molecular complexity index is 1800. The second kappa shape index (κ2) is 16.6. The number of nitrogens with one attached hydrogen (secondary N) is 1. The zero-order chi connectivity index (χ0) is 32.4. The van der Waals surface area contributed by atoms with Gasteiger partial charge in [-0.1, -0.05) is 34.3 Å². The van der Waals surface area contributed by atoms with E-state index in [9.17, 15) is 39.6 Å². The van der Waals surface area contributed by atoms with Crippen molar-refractivity contribution in [1.29, 1.82) is 0 Å². The SMILES string of the molecule is Cc1nnc(S/C=C/C2=C(C(=O)[O-])N3C(=O)[C@@H](NC(=O)/C(=N\O[C@@H](C(=O)[O-])c4ccc(O)c(O)c4)c4csc(N)n4)[C@@H]3SC2)s1.[Na+].[Na+]. The molecule has 2 amide bonds. The Kier molecular flexibility index (Phi) is 13.7. The molecule has 4 heterocycles. The van der Waals surface area contributed by atoms with Gasteiger partial charge < -0.3 is 45.9 Å². The number of allylic oxidation sites excluding steroid dienone is 1. The number of thiazole rings is 1. The molecule has 16 nitrogen and oxygen atoms in total. The summed E-state index contributed by atoms with van der Waals surface area (Å²) in [5.74, 6) is -6.06. The van der Waals surface area contributed by atoms with E-state index in [1.807, 2.05) is 0 Å². The Morgan fingerprint density at radius 3 is 2.57 bits per heavy atom. The maximum absolute atomic E-state index is 13.4. The van der Waals surface area contributed by atoms with Crippen LogP contribution in [0.1, 0.15) is 22.4 Å². The van der Waals surface area contributed by atoms with Gasteiger partial charge in [0.05, 0.1) is 17.6 Å². The van der Waals surface area contributed by atoms with Crippen LogP contribution in [0.3, 0.4) is 0 Å². The fourth-order valence-corrected chi connectivity index (χ4v) is 7.56. The molecule has 2 aliphatic rings. The second-order valence-electron chi connectivity index (χ2n) is 9.09. The van der Waals surface area contributed by atoms with Gasteiger partial charge in [0.1, 0.15) is 22.1 Å². The Morgan fingerprint density at radius 1 is 1.23 bits per heavy atom. The van der Waals surface area contributed by atoms with E-state index in [2.05, 4.69) is 25.7 Å². The monoisotopic (exact) mass is 735 g/mol. The number of thioether (sulfide) groups is 2. The predicted octanol–water partition coefficient (Wildman–Crippen LogP) is -6.77. The zero-order valence-corrected chi connectivity index (χ0v) is 31.9. The summed E-state index contributed by atoms with van der Waals surface area (Å²) in [6, 6.07) is 1.88. The van der Waals surface area contributed by atoms with Crippen molar-refractivity contribution >= 4 is 80.8 Å². The first-order valence-electron chi connectivity index (χ1n) is 12.5. The number of rotatable bonds is 11. The molecule has 0 aliphatic carbocycles. The number of anilines is 1. The van der Waals surface area contributed by atoms with Crippen molar-refractivity contribution in [2.45, 2.75) is 28.8 Å². The zero-order valence-electron chi connectivity index (χ0n) is 24.6. The molecule has 22 heteroatoms. The Balaban J connectivity index is 0.00000300. The van der Waals surface area contributed by atoms with Crippen molar-refractivity contribution in [2.24, 2.45) is 5.16 Å². The van der Waals surface area contributed by atoms with Crippen LogP contribution in [0.5, 0.6) is 11.5 Å². The molecule has 5 N–H and O–H groups in total. The first-order chi connectivity index (χ1) is 21.4. The summed E-state index contributed by atoms with van der Waals surface area (Å²) in [5.41, 5.74) is 4.86. The largest absolute Gasteiger partial charge is 1.00 e. The number of carboxylic acid groups (broad SMARTS) is 2. The van der Waals surface area contributed by atoms with E-state index in [4.69, 9.17) is 10.6 Å². The number of aromatic nitrogens is 3. The van der Waals surface area contributed by atoms with Crippen molar-refractivity contribution < 1.29 is 104 Å². The summed E-state index contributed by atoms with van der Waals surface area (Å²) in [6.45, 7) is 1.80. The van der Waals surface area contributed by atoms with E-state index in [1.165, 1.54) is 40.2 Å². The molecule has 2 aliphatic heterocycles. The van der Waals surface area contributed by atoms with Gasteiger partial charge in [-0.25, -0.2) is 4.98 Å². The van der Waals surface area contributed by atoms with E-state index in [1.54, 1.807) is 18.4 Å². The van der Waals surface area contributed by atoms with E-state index in [-0.39, 0.29) is 87.0 Å². The average molecular weight is 736 g/mol. The number of carboxylic acids is 2. The number of amides is 2. The van der Waals surface area contributed by atoms with E-state index < -0.39 is 58.5 Å². The maximum atomic E-state index is 13.4. The molecular weight excluding hydrogens is 717 g/mol. The molecular formula is C25H19N7Na2O9S4. The topological polar surface area (TPSA) is 256 Å². The van der Waals surface area contributed by atoms with E-state index in [0.29, 0.717) is 9.91 Å². The molecule has 3 aromatic rings. The van der Waals surface area contributed by atoms with Gasteiger partial charge in [0, 0.05) is 16.7 Å². The van der Waals surface area contributed by atoms with Crippen LogP contribution < -0.4 is 80.4 Å². The molecule has 1 saturated heterocycles. The van der Waals surface area contributed by atoms with E-state index >= 15 is 0 Å². The van der Waals surface area contributed by atoms with Gasteiger partial charge in [-0.15, -0.1) is 33.3 Å². The minimum absolute atomic E-state index is 0. The summed E-state index contributed by atoms with van der Waals surface area (Å²) in [6.07, 6.45) is -0.382. The van der Waals surface area contributed by atoms with Crippen LogP contribution in [-0.4, -0.2) is 76.9 Å². The molecule has 0 saturated carbocycles. The Hall–Kier alpha value is -2.66. The molecule has 0 radical (unpaired) electrons. The normalized spacial score (nSPS) is 18.0. The van der Waals surface area contributed by atoms with Crippen molar-refractivity contribution in [3.8, 4) is 11.5 Å². The molecule has 1 aromatic carbocycles. The standard InChI is InChI=1S/C25H21N7O9S4.2Na/c1-9-29-30-25(45-9)42-5-4-11-7-43-21-16(20(36)32(21)17(11)22(37)38)28-19(35)15(12-8-44-24(26)27-12)31-41-18(23(39)40)10-2-3-13(33)14(34)6-10;;/h2-6,8,16,18,21,33-34H,7H2,1H3,(H2,26,27)(H,28,35)(H,37,38)(H,39,40);;/q;2*+1/p-2/b5-4+,31-15-;;/t16-,18-,21+;;/m1../s1. The van der Waals surface area contributed by atoms with Crippen LogP contribution in [0, 0.1) is 6.92 Å². The van der Waals surface area contributed by atoms with Gasteiger partial charge in [-0.3, -0.25) is 14.5 Å². The number of β-lactam (4-membered cyclic amide) rings is 1. The number of hydrogen-bond acceptors (Lipinski definition) is 18. The van der Waals surface area contributed by atoms with Gasteiger partial charge in [0.2, 0.25) is 0 Å². The Morgan fingerprint density at radius 2 is 1.98 bits per heavy atom. The van der Waals surface area contributed by atoms with Crippen molar-refractivity contribution in [3.63, 3.8) is 0 Å². The molecule has 5 rings (SSSR count). The smallest absolute Gasteiger partial charge is 0.546 e. The fourth-order valence-electron chi connectivity index (χ4n) is 4.12. The average Bonchev–Trinajstić information content (AvgIpc) is 3.62. The first-order valence-corrected chi connectivity index (χ1v) is 16.1. The van der Waals surface area contributed by atoms with E-state index in [0.717, 1.165) is 39.4 Å². The number of oxime groups is 1. The number of nitrogens with zero attached hydrogens (tertiary/aromatic N) is 5. The number of hydrogen-bond donors (Lipinski definition) is 4. The summed E-state index contributed by atoms with van der Waals surface area (Å²) < 4.78 is 0.652. The number of aliphatic carboxylic acids is 2. The maximum Gasteiger partial charge on any atom is 1.00 e. The third-order valence-electron chi connectivity index (χ3n) is 6.17. The minimum atomic E-state index is -1.93. The number of aromatic hydroxyl groups is 2. The van der Waals surface area contributed by atoms with Crippen LogP contribution in [0.2, 0.25) is 0 Å². The van der Waals surface area contributed by atoms with Crippen LogP contribution in [0.15, 0.2) is 55.8 Å². The number of carbonyl (C=O) groups excluding carboxylic acids is 4. The van der Waals surface area contributed by atoms with Crippen LogP contribution in [0.4, 0.5) is 5.13 Å². The van der Waals surface area contributed by atoms with Crippen molar-refractivity contribution in [3.05, 3.63) is 62.6 Å². The number of phenolic OH excluding ortho intramolecular Hbond substituents is 2. The number of nitrogens with two attached hydrogens (primary N) is 1. The molecule has 3 atom stereocenters. The number of nitrogen functional groups attached to an aromatic ring is 1. The summed E-state index contributed by atoms with van der Waals surface area (Å²) in [7, 11) is 0. The number of aryl methyl sites for hydroxylation is 1. The summed E-state index contributed by atoms with van der Waals surface area (Å²) in [4.78, 5) is 60.5. The summed E-state index contributed by atoms with van der Waals surface area (Å²) in [5, 5.41) is 60.2. The third kappa shape index (κ3) is 8.69. The quantitative estimate of drug-likeness (QED) is 0.0357. The predicted molar refractivity (Wildman–Crippen MR) is 158 cm³/mol. The van der Waals surface area contributed by atoms with Gasteiger partial charge in [-0.05, 0) is 36.1 Å². The number of benzene rings is 1. The number of fused-ring (bicyclic) bond motifs is 1. The second-order valence-corrected chi connectivity index (χ2v) is 13.4. The number of phenols is 2. The van der Waals surface area contributed by atoms with Gasteiger partial charge in [0.25, 0.3) is 11.8 Å². The molecule has 1 fully saturated rings. The molecule has 0 bridgehead atoms. The Labute approximate surface area is 326 Å². The van der Waals surface area contributed by atoms with Crippen LogP contribution in [0.25, 0.3) is 0 Å². The van der Waals surface area contributed by atoms with Gasteiger partial charge >= 0.3 is 59.1 Å². The molecule has 234 valence electrons. The van der Waals surface area contributed by atoms with Crippen LogP contribution >= 0.6 is 46.2 Å². The first kappa shape index (κ1) is 38.8. The van der Waals surface area contributed by atoms with Crippen molar-refractivity contribution in [2.75, 3.05) is 11.5 Å². The molecule has 0 unspecified atom stereocenters. The molecule has 0 spiro atoms. The van der Waals surface area contributed by atoms with Crippen molar-refractivity contribution in [1.82, 2.24) is 25.4 Å². The third-order valence-corrected chi connectivity index (χ3v) is 9.87. The fraction of sp³-hybridized carbons (Fsp3) is 0.200. The van der Waals surface area contributed by atoms with Gasteiger partial charge in [0.15, 0.2) is 32.8 Å². The number of carbonyl (C=O) groups is 4.